The maximum absolute atomic E-state index is 11.9. The molecule has 0 spiro atoms. The highest BCUT2D eigenvalue weighted by Crippen LogP contribution is 2.29. The second-order valence-electron chi connectivity index (χ2n) is 4.36. The number of rotatable bonds is 5. The summed E-state index contributed by atoms with van der Waals surface area (Å²) in [6.45, 7) is 2.75. The van der Waals surface area contributed by atoms with Crippen LogP contribution in [-0.4, -0.2) is 30.1 Å². The van der Waals surface area contributed by atoms with Gasteiger partial charge in [-0.05, 0) is 31.9 Å². The first-order valence-corrected chi connectivity index (χ1v) is 6.45. The molecule has 20 heavy (non-hydrogen) atoms. The lowest BCUT2D eigenvalue weighted by atomic mass is 10.2. The van der Waals surface area contributed by atoms with Crippen molar-refractivity contribution in [3.8, 4) is 5.75 Å². The second kappa shape index (κ2) is 6.33. The summed E-state index contributed by atoms with van der Waals surface area (Å²) in [6.07, 6.45) is 0.932. The number of hydrogen-bond acceptors (Lipinski definition) is 5. The number of hydrogen-bond donors (Lipinski definition) is 1. The number of nitrogens with zero attached hydrogens (tertiary/aromatic N) is 1. The molecule has 1 aromatic carbocycles. The number of carbonyl (C=O) groups is 1. The summed E-state index contributed by atoms with van der Waals surface area (Å²) in [5.41, 5.74) is -0.0405. The zero-order chi connectivity index (χ0) is 14.5. The largest absolute Gasteiger partial charge is 0.494 e. The van der Waals surface area contributed by atoms with Gasteiger partial charge in [0, 0.05) is 6.61 Å². The SMILES string of the molecule is CCOc1ccc(NC(=O)C2CCCO2)c([N+](=O)[O-])c1. The van der Waals surface area contributed by atoms with Crippen molar-refractivity contribution in [2.24, 2.45) is 0 Å². The molecule has 7 nitrogen and oxygen atoms in total. The first-order chi connectivity index (χ1) is 9.61. The minimum absolute atomic E-state index is 0.152. The van der Waals surface area contributed by atoms with Crippen LogP contribution in [0.25, 0.3) is 0 Å². The van der Waals surface area contributed by atoms with Crippen molar-refractivity contribution in [3.63, 3.8) is 0 Å². The van der Waals surface area contributed by atoms with E-state index in [1.807, 2.05) is 0 Å². The number of nitro groups is 1. The van der Waals surface area contributed by atoms with Crippen LogP contribution in [0, 0.1) is 10.1 Å². The van der Waals surface area contributed by atoms with Crippen LogP contribution in [0.3, 0.4) is 0 Å². The quantitative estimate of drug-likeness (QED) is 0.659. The van der Waals surface area contributed by atoms with Crippen LogP contribution in [0.2, 0.25) is 0 Å². The van der Waals surface area contributed by atoms with Gasteiger partial charge in [0.05, 0.1) is 17.6 Å². The van der Waals surface area contributed by atoms with E-state index in [2.05, 4.69) is 5.32 Å². The first kappa shape index (κ1) is 14.3. The highest BCUT2D eigenvalue weighted by atomic mass is 16.6. The molecule has 0 bridgehead atoms. The van der Waals surface area contributed by atoms with Crippen molar-refractivity contribution in [1.82, 2.24) is 0 Å². The van der Waals surface area contributed by atoms with Gasteiger partial charge in [-0.15, -0.1) is 0 Å². The van der Waals surface area contributed by atoms with Gasteiger partial charge in [0.2, 0.25) is 0 Å². The molecule has 1 aromatic rings. The van der Waals surface area contributed by atoms with Crippen molar-refractivity contribution in [2.75, 3.05) is 18.5 Å². The molecule has 1 aliphatic heterocycles. The third-order valence-electron chi connectivity index (χ3n) is 2.96. The molecule has 7 heteroatoms. The Bertz CT molecular complexity index is 511. The van der Waals surface area contributed by atoms with Gasteiger partial charge in [-0.25, -0.2) is 0 Å². The predicted molar refractivity (Wildman–Crippen MR) is 71.9 cm³/mol. The van der Waals surface area contributed by atoms with Crippen LogP contribution in [-0.2, 0) is 9.53 Å². The van der Waals surface area contributed by atoms with E-state index in [0.717, 1.165) is 6.42 Å². The molecule has 1 atom stereocenters. The van der Waals surface area contributed by atoms with Crippen molar-refractivity contribution in [2.45, 2.75) is 25.9 Å². The molecule has 1 N–H and O–H groups in total. The van der Waals surface area contributed by atoms with E-state index in [1.54, 1.807) is 13.0 Å². The fourth-order valence-electron chi connectivity index (χ4n) is 2.02. The third kappa shape index (κ3) is 3.24. The first-order valence-electron chi connectivity index (χ1n) is 6.45. The van der Waals surface area contributed by atoms with E-state index >= 15 is 0 Å². The van der Waals surface area contributed by atoms with Gasteiger partial charge in [0.15, 0.2) is 0 Å². The third-order valence-corrected chi connectivity index (χ3v) is 2.96. The second-order valence-corrected chi connectivity index (χ2v) is 4.36. The van der Waals surface area contributed by atoms with Gasteiger partial charge in [-0.2, -0.15) is 0 Å². The Morgan fingerprint density at radius 2 is 2.40 bits per heavy atom. The molecule has 108 valence electrons. The molecular weight excluding hydrogens is 264 g/mol. The maximum atomic E-state index is 11.9. The summed E-state index contributed by atoms with van der Waals surface area (Å²) in [6, 6.07) is 4.35. The van der Waals surface area contributed by atoms with E-state index in [4.69, 9.17) is 9.47 Å². The Hall–Kier alpha value is -2.15. The number of ether oxygens (including phenoxy) is 2. The molecule has 1 saturated heterocycles. The maximum Gasteiger partial charge on any atom is 0.296 e. The fraction of sp³-hybridized carbons (Fsp3) is 0.462. The number of amides is 1. The number of nitro benzene ring substituents is 1. The summed E-state index contributed by atoms with van der Waals surface area (Å²) in [5.74, 6) is 0.0454. The van der Waals surface area contributed by atoms with Crippen LogP contribution in [0.4, 0.5) is 11.4 Å². The Labute approximate surface area is 116 Å². The Morgan fingerprint density at radius 1 is 1.60 bits per heavy atom. The molecule has 0 aliphatic carbocycles. The van der Waals surface area contributed by atoms with Gasteiger partial charge >= 0.3 is 0 Å². The molecule has 1 unspecified atom stereocenters. The molecule has 0 saturated carbocycles. The molecule has 1 aliphatic rings. The van der Waals surface area contributed by atoms with Crippen LogP contribution >= 0.6 is 0 Å². The van der Waals surface area contributed by atoms with Gasteiger partial charge in [-0.1, -0.05) is 0 Å². The van der Waals surface area contributed by atoms with Crippen molar-refractivity contribution >= 4 is 17.3 Å². The molecule has 1 amide bonds. The van der Waals surface area contributed by atoms with Crippen LogP contribution < -0.4 is 10.1 Å². The highest BCUT2D eigenvalue weighted by molar-refractivity contribution is 5.96. The fourth-order valence-corrected chi connectivity index (χ4v) is 2.02. The van der Waals surface area contributed by atoms with E-state index < -0.39 is 11.0 Å². The van der Waals surface area contributed by atoms with Crippen molar-refractivity contribution in [3.05, 3.63) is 28.3 Å². The van der Waals surface area contributed by atoms with E-state index in [9.17, 15) is 14.9 Å². The molecule has 0 aromatic heterocycles. The lowest BCUT2D eigenvalue weighted by Crippen LogP contribution is -2.27. The molecule has 0 radical (unpaired) electrons. The summed E-state index contributed by atoms with van der Waals surface area (Å²) in [7, 11) is 0. The zero-order valence-electron chi connectivity index (χ0n) is 11.1. The summed E-state index contributed by atoms with van der Waals surface area (Å²) in [5, 5.41) is 13.6. The molecule has 1 heterocycles. The molecule has 1 fully saturated rings. The van der Waals surface area contributed by atoms with Gasteiger partial charge in [-0.3, -0.25) is 14.9 Å². The van der Waals surface area contributed by atoms with E-state index in [1.165, 1.54) is 12.1 Å². The Balaban J connectivity index is 2.17. The Morgan fingerprint density at radius 3 is 3.00 bits per heavy atom. The van der Waals surface area contributed by atoms with E-state index in [-0.39, 0.29) is 17.3 Å². The minimum atomic E-state index is -0.548. The van der Waals surface area contributed by atoms with Gasteiger partial charge in [0.25, 0.3) is 11.6 Å². The summed E-state index contributed by atoms with van der Waals surface area (Å²) in [4.78, 5) is 22.4. The normalized spacial score (nSPS) is 17.8. The highest BCUT2D eigenvalue weighted by Gasteiger charge is 2.26. The van der Waals surface area contributed by atoms with Crippen molar-refractivity contribution < 1.29 is 19.2 Å². The number of nitrogens with one attached hydrogen (secondary N) is 1. The average molecular weight is 280 g/mol. The standard InChI is InChI=1S/C13H16N2O5/c1-2-19-9-5-6-10(11(8-9)15(17)18)14-13(16)12-4-3-7-20-12/h5-6,8,12H,2-4,7H2,1H3,(H,14,16). The van der Waals surface area contributed by atoms with Crippen LogP contribution in [0.5, 0.6) is 5.75 Å². The number of carbonyl (C=O) groups excluding carboxylic acids is 1. The zero-order valence-corrected chi connectivity index (χ0v) is 11.1. The lowest BCUT2D eigenvalue weighted by Gasteiger charge is -2.11. The van der Waals surface area contributed by atoms with Crippen molar-refractivity contribution in [1.29, 1.82) is 0 Å². The topological polar surface area (TPSA) is 90.7 Å². The monoisotopic (exact) mass is 280 g/mol. The number of benzene rings is 1. The number of anilines is 1. The summed E-state index contributed by atoms with van der Waals surface area (Å²) < 4.78 is 10.5. The molecule has 2 rings (SSSR count). The van der Waals surface area contributed by atoms with Crippen LogP contribution in [0.1, 0.15) is 19.8 Å². The predicted octanol–water partition coefficient (Wildman–Crippen LogP) is 2.11. The minimum Gasteiger partial charge on any atom is -0.494 e. The van der Waals surface area contributed by atoms with Gasteiger partial charge in [0.1, 0.15) is 17.5 Å². The lowest BCUT2D eigenvalue weighted by molar-refractivity contribution is -0.384. The Kier molecular flexibility index (Phi) is 4.52. The van der Waals surface area contributed by atoms with Crippen LogP contribution in [0.15, 0.2) is 18.2 Å². The van der Waals surface area contributed by atoms with E-state index in [0.29, 0.717) is 25.4 Å². The average Bonchev–Trinajstić information content (AvgIpc) is 2.94. The van der Waals surface area contributed by atoms with Gasteiger partial charge < -0.3 is 14.8 Å². The summed E-state index contributed by atoms with van der Waals surface area (Å²) >= 11 is 0. The molecular formula is C13H16N2O5. The smallest absolute Gasteiger partial charge is 0.296 e.